The first-order chi connectivity index (χ1) is 16.0. The van der Waals surface area contributed by atoms with Gasteiger partial charge in [0.05, 0.1) is 7.11 Å². The number of fused-ring (bicyclic) bond motifs is 1. The summed E-state index contributed by atoms with van der Waals surface area (Å²) in [5.41, 5.74) is -2.19. The summed E-state index contributed by atoms with van der Waals surface area (Å²) in [7, 11) is -14.7. The molecule has 0 radical (unpaired) electrons. The molecule has 4 N–H and O–H groups in total. The molecule has 1 aromatic heterocycles. The van der Waals surface area contributed by atoms with Crippen molar-refractivity contribution >= 4 is 42.2 Å². The third kappa shape index (κ3) is 6.29. The van der Waals surface area contributed by atoms with E-state index in [4.69, 9.17) is 22.8 Å². The van der Waals surface area contributed by atoms with Gasteiger partial charge in [-0.05, 0) is 18.2 Å². The fourth-order valence-electron chi connectivity index (χ4n) is 2.76. The lowest BCUT2D eigenvalue weighted by Gasteiger charge is -2.13. The highest BCUT2D eigenvalue weighted by Crippen LogP contribution is 2.40. The fraction of sp³-hybridized carbons (Fsp3) is 0.0625. The zero-order valence-corrected chi connectivity index (χ0v) is 19.2. The van der Waals surface area contributed by atoms with Gasteiger partial charge in [-0.3, -0.25) is 18.5 Å². The van der Waals surface area contributed by atoms with Crippen LogP contribution in [0, 0.1) is 0 Å². The summed E-state index contributed by atoms with van der Waals surface area (Å²) in [4.78, 5) is 12.9. The Morgan fingerprint density at radius 1 is 0.800 bits per heavy atom. The summed E-state index contributed by atoms with van der Waals surface area (Å²) in [6, 6.07) is 4.18. The van der Waals surface area contributed by atoms with Crippen molar-refractivity contribution in [3.05, 3.63) is 40.6 Å². The molecule has 35 heavy (non-hydrogen) atoms. The smallest absolute Gasteiger partial charge is 0.446 e. The summed E-state index contributed by atoms with van der Waals surface area (Å²) in [6.07, 6.45) is 0. The van der Waals surface area contributed by atoms with Crippen molar-refractivity contribution < 1.29 is 65.7 Å². The number of hydrogen-bond donors (Lipinski definition) is 4. The van der Waals surface area contributed by atoms with Crippen LogP contribution < -0.4 is 22.7 Å². The van der Waals surface area contributed by atoms with Gasteiger partial charge >= 0.3 is 31.2 Å². The molecule has 3 rings (SSSR count). The lowest BCUT2D eigenvalue weighted by Crippen LogP contribution is -2.16. The van der Waals surface area contributed by atoms with Crippen molar-refractivity contribution in [1.29, 1.82) is 0 Å². The molecule has 16 nitrogen and oxygen atoms in total. The normalized spacial score (nSPS) is 12.3. The summed E-state index contributed by atoms with van der Waals surface area (Å²) >= 11 is 0. The Morgan fingerprint density at radius 2 is 1.37 bits per heavy atom. The number of rotatable bonds is 8. The molecule has 0 amide bonds. The zero-order chi connectivity index (χ0) is 26.3. The Morgan fingerprint density at radius 3 is 1.91 bits per heavy atom. The van der Waals surface area contributed by atoms with Crippen molar-refractivity contribution in [1.82, 2.24) is 0 Å². The monoisotopic (exact) mass is 556 g/mol. The molecule has 0 unspecified atom stereocenters. The van der Waals surface area contributed by atoms with Gasteiger partial charge in [-0.1, -0.05) is 0 Å². The Kier molecular flexibility index (Phi) is 6.59. The van der Waals surface area contributed by atoms with E-state index in [-0.39, 0.29) is 5.75 Å². The number of benzene rings is 2. The Balaban J connectivity index is 2.40. The van der Waals surface area contributed by atoms with E-state index >= 15 is 0 Å². The Labute approximate surface area is 195 Å². The van der Waals surface area contributed by atoms with E-state index in [0.29, 0.717) is 12.1 Å². The maximum Gasteiger partial charge on any atom is 0.446 e. The standard InChI is InChI=1S/C16H12O16S3/c1-28-8-5-9(17)13-12(6-8)29-15(16(14(13)18)32-35(25,26)27)7-2-3-10(30-33(19,20)21)11(4-7)31-34(22,23)24/h2-6,17H,1H3,(H,19,20,21)(H,22,23,24)(H,25,26,27). The Hall–Kier alpha value is -3.62. The fourth-order valence-corrected chi connectivity index (χ4v) is 3.84. The van der Waals surface area contributed by atoms with Crippen LogP contribution in [-0.2, 0) is 31.2 Å². The van der Waals surface area contributed by atoms with Gasteiger partial charge in [0.15, 0.2) is 17.3 Å². The van der Waals surface area contributed by atoms with Gasteiger partial charge in [-0.15, -0.1) is 0 Å². The highest BCUT2D eigenvalue weighted by Gasteiger charge is 2.26. The molecule has 0 aliphatic heterocycles. The first kappa shape index (κ1) is 26.0. The van der Waals surface area contributed by atoms with Crippen LogP contribution in [0.1, 0.15) is 0 Å². The largest absolute Gasteiger partial charge is 0.507 e. The minimum atomic E-state index is -5.37. The minimum absolute atomic E-state index is 0.0140. The minimum Gasteiger partial charge on any atom is -0.507 e. The molecule has 1 heterocycles. The summed E-state index contributed by atoms with van der Waals surface area (Å²) in [5.74, 6) is -4.84. The summed E-state index contributed by atoms with van der Waals surface area (Å²) < 4.78 is 117. The van der Waals surface area contributed by atoms with Gasteiger partial charge < -0.3 is 26.8 Å². The van der Waals surface area contributed by atoms with Crippen molar-refractivity contribution in [2.24, 2.45) is 0 Å². The van der Waals surface area contributed by atoms with E-state index in [1.807, 2.05) is 0 Å². The third-order valence-corrected chi connectivity index (χ3v) is 5.08. The molecule has 0 fully saturated rings. The number of ether oxygens (including phenoxy) is 1. The average molecular weight is 556 g/mol. The van der Waals surface area contributed by atoms with Gasteiger partial charge in [0.1, 0.15) is 22.5 Å². The average Bonchev–Trinajstić information content (AvgIpc) is 2.67. The first-order valence-corrected chi connectivity index (χ1v) is 12.6. The van der Waals surface area contributed by atoms with E-state index in [0.717, 1.165) is 18.2 Å². The van der Waals surface area contributed by atoms with E-state index in [9.17, 15) is 35.2 Å². The van der Waals surface area contributed by atoms with Gasteiger partial charge in [-0.2, -0.15) is 25.3 Å². The van der Waals surface area contributed by atoms with E-state index in [2.05, 4.69) is 12.5 Å². The quantitative estimate of drug-likeness (QED) is 0.279. The zero-order valence-electron chi connectivity index (χ0n) is 16.8. The van der Waals surface area contributed by atoms with Crippen LogP contribution in [0.15, 0.2) is 39.5 Å². The number of phenols is 1. The molecule has 0 aliphatic rings. The van der Waals surface area contributed by atoms with Crippen molar-refractivity contribution in [3.63, 3.8) is 0 Å². The molecule has 0 bridgehead atoms. The molecule has 0 saturated carbocycles. The topological polar surface area (TPSA) is 250 Å². The number of aromatic hydroxyl groups is 1. The van der Waals surface area contributed by atoms with Crippen LogP contribution in [0.5, 0.6) is 28.7 Å². The van der Waals surface area contributed by atoms with Crippen molar-refractivity contribution in [2.45, 2.75) is 0 Å². The predicted molar refractivity (Wildman–Crippen MR) is 113 cm³/mol. The van der Waals surface area contributed by atoms with E-state index < -0.39 is 81.9 Å². The second kappa shape index (κ2) is 8.87. The number of hydrogen-bond acceptors (Lipinski definition) is 13. The molecule has 0 atom stereocenters. The van der Waals surface area contributed by atoms with Crippen LogP contribution >= 0.6 is 0 Å². The van der Waals surface area contributed by atoms with Crippen LogP contribution in [0.25, 0.3) is 22.3 Å². The molecule has 0 aliphatic carbocycles. The van der Waals surface area contributed by atoms with E-state index in [1.54, 1.807) is 0 Å². The maximum absolute atomic E-state index is 12.9. The lowest BCUT2D eigenvalue weighted by atomic mass is 10.1. The molecule has 3 aromatic rings. The Bertz CT molecular complexity index is 1700. The second-order valence-electron chi connectivity index (χ2n) is 6.30. The molecule has 2 aromatic carbocycles. The molecule has 19 heteroatoms. The number of methoxy groups -OCH3 is 1. The predicted octanol–water partition coefficient (Wildman–Crippen LogP) is 0.719. The third-order valence-electron chi connectivity index (χ3n) is 3.93. The van der Waals surface area contributed by atoms with Crippen molar-refractivity contribution in [2.75, 3.05) is 7.11 Å². The lowest BCUT2D eigenvalue weighted by molar-refractivity contribution is 0.361. The molecule has 190 valence electrons. The van der Waals surface area contributed by atoms with Crippen molar-refractivity contribution in [3.8, 4) is 40.1 Å². The molecule has 0 saturated heterocycles. The van der Waals surface area contributed by atoms with E-state index in [1.165, 1.54) is 7.11 Å². The van der Waals surface area contributed by atoms with Crippen LogP contribution in [0.4, 0.5) is 0 Å². The van der Waals surface area contributed by atoms with Gasteiger partial charge in [0, 0.05) is 17.7 Å². The summed E-state index contributed by atoms with van der Waals surface area (Å²) in [5, 5.41) is 9.54. The van der Waals surface area contributed by atoms with Gasteiger partial charge in [0.2, 0.25) is 11.2 Å². The highest BCUT2D eigenvalue weighted by atomic mass is 32.3. The number of phenolic OH excluding ortho intramolecular Hbond substituents is 1. The van der Waals surface area contributed by atoms with Gasteiger partial charge in [-0.25, -0.2) is 0 Å². The van der Waals surface area contributed by atoms with Crippen LogP contribution in [0.3, 0.4) is 0 Å². The highest BCUT2D eigenvalue weighted by molar-refractivity contribution is 7.81. The second-order valence-corrected chi connectivity index (χ2v) is 9.37. The SMILES string of the molecule is COc1cc(O)c2c(=O)c(OS(=O)(=O)O)c(-c3ccc(OS(=O)(=O)O)c(OS(=O)(=O)O)c3)oc2c1. The summed E-state index contributed by atoms with van der Waals surface area (Å²) in [6.45, 7) is 0. The molecular formula is C16H12O16S3. The van der Waals surface area contributed by atoms with Gasteiger partial charge in [0.25, 0.3) is 0 Å². The van der Waals surface area contributed by atoms with Crippen LogP contribution in [-0.4, -0.2) is 51.1 Å². The maximum atomic E-state index is 12.9. The molecule has 0 spiro atoms. The van der Waals surface area contributed by atoms with Crippen LogP contribution in [0.2, 0.25) is 0 Å². The first-order valence-electron chi connectivity index (χ1n) is 8.50. The molecular weight excluding hydrogens is 544 g/mol.